The Balaban J connectivity index is 2.33. The SMILES string of the molecule is CCC1SCC(C(=O)O)N1C(=O)NCCCCOC(C)C. The maximum Gasteiger partial charge on any atom is 0.327 e. The first-order valence-electron chi connectivity index (χ1n) is 7.49. The van der Waals surface area contributed by atoms with Crippen LogP contribution < -0.4 is 5.32 Å². The van der Waals surface area contributed by atoms with Crippen molar-refractivity contribution >= 4 is 23.8 Å². The first-order chi connectivity index (χ1) is 9.97. The van der Waals surface area contributed by atoms with Crippen molar-refractivity contribution in [3.8, 4) is 0 Å². The fourth-order valence-corrected chi connectivity index (χ4v) is 3.52. The Hall–Kier alpha value is -0.950. The van der Waals surface area contributed by atoms with Gasteiger partial charge < -0.3 is 15.2 Å². The molecule has 2 amide bonds. The minimum absolute atomic E-state index is 0.0459. The molecule has 2 atom stereocenters. The molecule has 21 heavy (non-hydrogen) atoms. The van der Waals surface area contributed by atoms with Crippen molar-refractivity contribution in [2.75, 3.05) is 18.9 Å². The second kappa shape index (κ2) is 9.15. The number of carbonyl (C=O) groups is 2. The third-order valence-electron chi connectivity index (χ3n) is 3.26. The highest BCUT2D eigenvalue weighted by atomic mass is 32.2. The summed E-state index contributed by atoms with van der Waals surface area (Å²) in [5.41, 5.74) is 0. The molecule has 0 radical (unpaired) electrons. The largest absolute Gasteiger partial charge is 0.480 e. The lowest BCUT2D eigenvalue weighted by Crippen LogP contribution is -2.50. The second-order valence-electron chi connectivity index (χ2n) is 5.32. The molecule has 0 spiro atoms. The summed E-state index contributed by atoms with van der Waals surface area (Å²) >= 11 is 1.53. The summed E-state index contributed by atoms with van der Waals surface area (Å²) in [4.78, 5) is 24.9. The summed E-state index contributed by atoms with van der Waals surface area (Å²) in [6, 6.07) is -0.992. The summed E-state index contributed by atoms with van der Waals surface area (Å²) in [6.45, 7) is 7.17. The van der Waals surface area contributed by atoms with Gasteiger partial charge in [0.05, 0.1) is 11.5 Å². The number of nitrogens with one attached hydrogen (secondary N) is 1. The Morgan fingerprint density at radius 3 is 2.71 bits per heavy atom. The topological polar surface area (TPSA) is 78.9 Å². The molecule has 1 aliphatic heterocycles. The number of carboxylic acid groups (broad SMARTS) is 1. The molecular weight excluding hydrogens is 292 g/mol. The predicted octanol–water partition coefficient (Wildman–Crippen LogP) is 2.14. The maximum absolute atomic E-state index is 12.2. The van der Waals surface area contributed by atoms with Gasteiger partial charge in [-0.05, 0) is 33.1 Å². The van der Waals surface area contributed by atoms with Crippen molar-refractivity contribution in [1.29, 1.82) is 0 Å². The van der Waals surface area contributed by atoms with Crippen LogP contribution in [0.1, 0.15) is 40.0 Å². The van der Waals surface area contributed by atoms with Crippen molar-refractivity contribution < 1.29 is 19.4 Å². The number of ether oxygens (including phenoxy) is 1. The number of carboxylic acids is 1. The number of hydrogen-bond donors (Lipinski definition) is 2. The van der Waals surface area contributed by atoms with E-state index >= 15 is 0 Å². The Morgan fingerprint density at radius 1 is 1.43 bits per heavy atom. The van der Waals surface area contributed by atoms with Gasteiger partial charge in [-0.2, -0.15) is 0 Å². The summed E-state index contributed by atoms with van der Waals surface area (Å²) in [7, 11) is 0. The van der Waals surface area contributed by atoms with Gasteiger partial charge in [-0.15, -0.1) is 11.8 Å². The van der Waals surface area contributed by atoms with Gasteiger partial charge in [0.25, 0.3) is 0 Å². The zero-order valence-corrected chi connectivity index (χ0v) is 13.8. The van der Waals surface area contributed by atoms with Crippen molar-refractivity contribution in [3.63, 3.8) is 0 Å². The van der Waals surface area contributed by atoms with Gasteiger partial charge in [0.15, 0.2) is 0 Å². The number of unbranched alkanes of at least 4 members (excludes halogenated alkanes) is 1. The standard InChI is InChI=1S/C14H26N2O4S/c1-4-12-16(11(9-21-12)13(17)18)14(19)15-7-5-6-8-20-10(2)3/h10-12H,4-9H2,1-3H3,(H,15,19)(H,17,18). The van der Waals surface area contributed by atoms with Crippen LogP contribution in [0.3, 0.4) is 0 Å². The van der Waals surface area contributed by atoms with Gasteiger partial charge >= 0.3 is 12.0 Å². The average molecular weight is 318 g/mol. The van der Waals surface area contributed by atoms with E-state index < -0.39 is 12.0 Å². The van der Waals surface area contributed by atoms with E-state index in [4.69, 9.17) is 4.74 Å². The first-order valence-corrected chi connectivity index (χ1v) is 8.54. The lowest BCUT2D eigenvalue weighted by atomic mass is 10.2. The van der Waals surface area contributed by atoms with Gasteiger partial charge in [0.1, 0.15) is 6.04 Å². The molecule has 0 aromatic heterocycles. The van der Waals surface area contributed by atoms with Gasteiger partial charge in [-0.25, -0.2) is 9.59 Å². The summed E-state index contributed by atoms with van der Waals surface area (Å²) in [6.07, 6.45) is 2.69. The summed E-state index contributed by atoms with van der Waals surface area (Å²) in [5.74, 6) is -0.470. The predicted molar refractivity (Wildman–Crippen MR) is 83.5 cm³/mol. The van der Waals surface area contributed by atoms with E-state index in [0.29, 0.717) is 18.9 Å². The lowest BCUT2D eigenvalue weighted by Gasteiger charge is -2.26. The van der Waals surface area contributed by atoms with Crippen molar-refractivity contribution in [2.45, 2.75) is 57.6 Å². The number of aliphatic carboxylic acids is 1. The molecule has 122 valence electrons. The normalized spacial score (nSPS) is 21.8. The average Bonchev–Trinajstić information content (AvgIpc) is 2.86. The van der Waals surface area contributed by atoms with Crippen LogP contribution in [0, 0.1) is 0 Å². The van der Waals surface area contributed by atoms with Crippen LogP contribution in [0.2, 0.25) is 0 Å². The highest BCUT2D eigenvalue weighted by Crippen LogP contribution is 2.31. The van der Waals surface area contributed by atoms with Gasteiger partial charge in [-0.1, -0.05) is 6.92 Å². The number of hydrogen-bond acceptors (Lipinski definition) is 4. The van der Waals surface area contributed by atoms with Crippen LogP contribution >= 0.6 is 11.8 Å². The molecule has 1 heterocycles. The highest BCUT2D eigenvalue weighted by molar-refractivity contribution is 8.00. The fourth-order valence-electron chi connectivity index (χ4n) is 2.17. The number of nitrogens with zero attached hydrogens (tertiary/aromatic N) is 1. The molecule has 1 rings (SSSR count). The van der Waals surface area contributed by atoms with E-state index in [0.717, 1.165) is 19.3 Å². The molecule has 0 saturated carbocycles. The third kappa shape index (κ3) is 5.74. The first kappa shape index (κ1) is 18.1. The van der Waals surface area contributed by atoms with Crippen LogP contribution in [0.15, 0.2) is 0 Å². The molecule has 1 saturated heterocycles. The molecular formula is C14H26N2O4S. The Bertz CT molecular complexity index is 352. The minimum atomic E-state index is -0.932. The van der Waals surface area contributed by atoms with Gasteiger partial charge in [-0.3, -0.25) is 4.90 Å². The molecule has 0 aromatic rings. The number of rotatable bonds is 8. The maximum atomic E-state index is 12.2. The zero-order valence-electron chi connectivity index (χ0n) is 13.0. The van der Waals surface area contributed by atoms with Crippen molar-refractivity contribution in [2.24, 2.45) is 0 Å². The van der Waals surface area contributed by atoms with E-state index in [9.17, 15) is 14.7 Å². The highest BCUT2D eigenvalue weighted by Gasteiger charge is 2.40. The number of urea groups is 1. The molecule has 7 heteroatoms. The van der Waals surface area contributed by atoms with E-state index in [1.807, 2.05) is 20.8 Å². The number of thioether (sulfide) groups is 1. The Kier molecular flexibility index (Phi) is 7.88. The molecule has 1 aliphatic rings. The third-order valence-corrected chi connectivity index (χ3v) is 4.71. The Morgan fingerprint density at radius 2 is 2.14 bits per heavy atom. The summed E-state index contributed by atoms with van der Waals surface area (Å²) < 4.78 is 5.43. The minimum Gasteiger partial charge on any atom is -0.480 e. The van der Waals surface area contributed by atoms with Crippen molar-refractivity contribution in [1.82, 2.24) is 10.2 Å². The van der Waals surface area contributed by atoms with Gasteiger partial charge in [0.2, 0.25) is 0 Å². The van der Waals surface area contributed by atoms with Crippen LogP contribution in [-0.4, -0.2) is 58.4 Å². The molecule has 1 fully saturated rings. The second-order valence-corrected chi connectivity index (χ2v) is 6.53. The monoisotopic (exact) mass is 318 g/mol. The quantitative estimate of drug-likeness (QED) is 0.670. The number of carbonyl (C=O) groups excluding carboxylic acids is 1. The molecule has 2 unspecified atom stereocenters. The van der Waals surface area contributed by atoms with Crippen LogP contribution in [0.25, 0.3) is 0 Å². The number of amides is 2. The molecule has 0 bridgehead atoms. The van der Waals surface area contributed by atoms with Crippen LogP contribution in [-0.2, 0) is 9.53 Å². The van der Waals surface area contributed by atoms with Crippen molar-refractivity contribution in [3.05, 3.63) is 0 Å². The van der Waals surface area contributed by atoms with E-state index in [1.165, 1.54) is 16.7 Å². The van der Waals surface area contributed by atoms with Gasteiger partial charge in [0, 0.05) is 18.9 Å². The zero-order chi connectivity index (χ0) is 15.8. The summed E-state index contributed by atoms with van der Waals surface area (Å²) in [5, 5.41) is 12.0. The molecule has 0 aromatic carbocycles. The van der Waals surface area contributed by atoms with Crippen LogP contribution in [0.4, 0.5) is 4.79 Å². The Labute approximate surface area is 130 Å². The molecule has 6 nitrogen and oxygen atoms in total. The fraction of sp³-hybridized carbons (Fsp3) is 0.857. The molecule has 2 N–H and O–H groups in total. The van der Waals surface area contributed by atoms with E-state index in [1.54, 1.807) is 0 Å². The van der Waals surface area contributed by atoms with E-state index in [2.05, 4.69) is 5.32 Å². The van der Waals surface area contributed by atoms with Crippen LogP contribution in [0.5, 0.6) is 0 Å². The smallest absolute Gasteiger partial charge is 0.327 e. The molecule has 0 aliphatic carbocycles. The van der Waals surface area contributed by atoms with E-state index in [-0.39, 0.29) is 17.5 Å². The lowest BCUT2D eigenvalue weighted by molar-refractivity contribution is -0.141.